The van der Waals surface area contributed by atoms with Crippen molar-refractivity contribution in [1.29, 1.82) is 0 Å². The Kier molecular flexibility index (Phi) is 7.98. The summed E-state index contributed by atoms with van der Waals surface area (Å²) in [7, 11) is 0. The van der Waals surface area contributed by atoms with Gasteiger partial charge in [-0.05, 0) is 48.8 Å². The van der Waals surface area contributed by atoms with Gasteiger partial charge < -0.3 is 15.4 Å². The maximum atomic E-state index is 12.3. The molecule has 0 bridgehead atoms. The van der Waals surface area contributed by atoms with Crippen LogP contribution in [0, 0.1) is 6.92 Å². The molecule has 5 heteroatoms. The van der Waals surface area contributed by atoms with Crippen molar-refractivity contribution in [2.75, 3.05) is 6.61 Å². The maximum Gasteiger partial charge on any atom is 0.226 e. The van der Waals surface area contributed by atoms with Crippen molar-refractivity contribution >= 4 is 23.2 Å². The molecule has 3 aromatic carbocycles. The van der Waals surface area contributed by atoms with E-state index in [9.17, 15) is 4.79 Å². The number of aryl methyl sites for hydroxylation is 1. The first-order valence-corrected chi connectivity index (χ1v) is 10.4. The van der Waals surface area contributed by atoms with Crippen LogP contribution in [-0.2, 0) is 4.79 Å². The van der Waals surface area contributed by atoms with Crippen molar-refractivity contribution < 1.29 is 9.53 Å². The molecule has 0 aliphatic heterocycles. The molecule has 0 heterocycles. The third-order valence-corrected chi connectivity index (χ3v) is 4.85. The molecule has 0 spiro atoms. The number of benzene rings is 3. The molecule has 1 amide bonds. The topological polar surface area (TPSA) is 50.4 Å². The van der Waals surface area contributed by atoms with Gasteiger partial charge in [0, 0.05) is 6.42 Å². The lowest BCUT2D eigenvalue weighted by atomic mass is 9.99. The van der Waals surface area contributed by atoms with Gasteiger partial charge in [-0.2, -0.15) is 0 Å². The summed E-state index contributed by atoms with van der Waals surface area (Å²) in [6.07, 6.45) is 0.956. The van der Waals surface area contributed by atoms with E-state index in [4.69, 9.17) is 17.0 Å². The molecule has 0 unspecified atom stereocenters. The van der Waals surface area contributed by atoms with Gasteiger partial charge >= 0.3 is 0 Å². The molecular weight excluding hydrogens is 392 g/mol. The van der Waals surface area contributed by atoms with Gasteiger partial charge in [-0.1, -0.05) is 78.4 Å². The fourth-order valence-electron chi connectivity index (χ4n) is 3.06. The molecule has 0 saturated carbocycles. The molecule has 3 rings (SSSR count). The van der Waals surface area contributed by atoms with Crippen LogP contribution in [0.2, 0.25) is 0 Å². The van der Waals surface area contributed by atoms with Crippen molar-refractivity contribution in [2.45, 2.75) is 25.8 Å². The molecule has 2 N–H and O–H groups in total. The zero-order valence-electron chi connectivity index (χ0n) is 17.0. The first-order chi connectivity index (χ1) is 14.6. The predicted octanol–water partition coefficient (Wildman–Crippen LogP) is 4.93. The normalized spacial score (nSPS) is 10.5. The van der Waals surface area contributed by atoms with Gasteiger partial charge in [-0.15, -0.1) is 0 Å². The second-order valence-electron chi connectivity index (χ2n) is 7.04. The lowest BCUT2D eigenvalue weighted by Crippen LogP contribution is -2.41. The minimum absolute atomic E-state index is 0.125. The monoisotopic (exact) mass is 418 g/mol. The van der Waals surface area contributed by atoms with E-state index >= 15 is 0 Å². The Morgan fingerprint density at radius 2 is 1.47 bits per heavy atom. The van der Waals surface area contributed by atoms with Gasteiger partial charge in [0.1, 0.15) is 5.75 Å². The number of ether oxygens (including phenoxy) is 1. The molecule has 0 atom stereocenters. The summed E-state index contributed by atoms with van der Waals surface area (Å²) in [5.74, 6) is 0.687. The van der Waals surface area contributed by atoms with Crippen LogP contribution in [0.5, 0.6) is 5.75 Å². The zero-order chi connectivity index (χ0) is 21.2. The minimum Gasteiger partial charge on any atom is -0.494 e. The van der Waals surface area contributed by atoms with E-state index in [1.807, 2.05) is 91.9 Å². The van der Waals surface area contributed by atoms with Crippen LogP contribution in [0.3, 0.4) is 0 Å². The Morgan fingerprint density at radius 1 is 0.900 bits per heavy atom. The highest BCUT2D eigenvalue weighted by atomic mass is 32.1. The molecule has 0 saturated heterocycles. The highest BCUT2D eigenvalue weighted by Gasteiger charge is 2.15. The van der Waals surface area contributed by atoms with E-state index in [0.717, 1.165) is 16.9 Å². The van der Waals surface area contributed by atoms with Crippen molar-refractivity contribution in [2.24, 2.45) is 0 Å². The molecule has 3 aromatic rings. The summed E-state index contributed by atoms with van der Waals surface area (Å²) in [4.78, 5) is 12.3. The second-order valence-corrected chi connectivity index (χ2v) is 7.45. The number of amides is 1. The fraction of sp³-hybridized carbons (Fsp3) is 0.200. The predicted molar refractivity (Wildman–Crippen MR) is 125 cm³/mol. The van der Waals surface area contributed by atoms with E-state index in [2.05, 4.69) is 10.6 Å². The summed E-state index contributed by atoms with van der Waals surface area (Å²) >= 11 is 5.40. The van der Waals surface area contributed by atoms with Crippen LogP contribution in [-0.4, -0.2) is 17.6 Å². The molecule has 0 fully saturated rings. The van der Waals surface area contributed by atoms with E-state index in [-0.39, 0.29) is 11.9 Å². The van der Waals surface area contributed by atoms with Crippen LogP contribution >= 0.6 is 12.2 Å². The first kappa shape index (κ1) is 21.5. The zero-order valence-corrected chi connectivity index (χ0v) is 17.8. The van der Waals surface area contributed by atoms with E-state index < -0.39 is 0 Å². The van der Waals surface area contributed by atoms with Gasteiger partial charge in [0.15, 0.2) is 5.11 Å². The van der Waals surface area contributed by atoms with Gasteiger partial charge in [-0.3, -0.25) is 4.79 Å². The first-order valence-electron chi connectivity index (χ1n) is 10.0. The summed E-state index contributed by atoms with van der Waals surface area (Å²) in [6.45, 7) is 2.51. The SMILES string of the molecule is Cc1ccc(OCCCC(=O)NC(=S)NC(c2ccccc2)c2ccccc2)cc1. The van der Waals surface area contributed by atoms with E-state index in [1.165, 1.54) is 5.56 Å². The fourth-order valence-corrected chi connectivity index (χ4v) is 3.30. The molecule has 154 valence electrons. The Balaban J connectivity index is 1.48. The quantitative estimate of drug-likeness (QED) is 0.402. The molecule has 0 aliphatic carbocycles. The van der Waals surface area contributed by atoms with Gasteiger partial charge in [-0.25, -0.2) is 0 Å². The van der Waals surface area contributed by atoms with Crippen LogP contribution in [0.15, 0.2) is 84.9 Å². The molecule has 30 heavy (non-hydrogen) atoms. The van der Waals surface area contributed by atoms with Crippen molar-refractivity contribution in [1.82, 2.24) is 10.6 Å². The Labute approximate surface area is 183 Å². The third kappa shape index (κ3) is 6.71. The number of carbonyl (C=O) groups is 1. The summed E-state index contributed by atoms with van der Waals surface area (Å²) < 4.78 is 5.67. The number of hydrogen-bond donors (Lipinski definition) is 2. The molecule has 0 aliphatic rings. The van der Waals surface area contributed by atoms with Crippen LogP contribution < -0.4 is 15.4 Å². The largest absolute Gasteiger partial charge is 0.494 e. The number of rotatable bonds is 8. The maximum absolute atomic E-state index is 12.3. The molecule has 0 aromatic heterocycles. The van der Waals surface area contributed by atoms with E-state index in [0.29, 0.717) is 24.6 Å². The third-order valence-electron chi connectivity index (χ3n) is 4.63. The van der Waals surface area contributed by atoms with Crippen LogP contribution in [0.25, 0.3) is 0 Å². The summed E-state index contributed by atoms with van der Waals surface area (Å²) in [5, 5.41) is 6.37. The number of carbonyl (C=O) groups excluding carboxylic acids is 1. The van der Waals surface area contributed by atoms with Gasteiger partial charge in [0.25, 0.3) is 0 Å². The average Bonchev–Trinajstić information content (AvgIpc) is 2.77. The second kappa shape index (κ2) is 11.1. The highest BCUT2D eigenvalue weighted by Crippen LogP contribution is 2.21. The smallest absolute Gasteiger partial charge is 0.226 e. The van der Waals surface area contributed by atoms with Crippen molar-refractivity contribution in [3.8, 4) is 5.75 Å². The van der Waals surface area contributed by atoms with Crippen molar-refractivity contribution in [3.63, 3.8) is 0 Å². The number of thiocarbonyl (C=S) groups is 1. The minimum atomic E-state index is -0.134. The summed E-state index contributed by atoms with van der Waals surface area (Å²) in [5.41, 5.74) is 3.34. The highest BCUT2D eigenvalue weighted by molar-refractivity contribution is 7.80. The number of hydrogen-bond acceptors (Lipinski definition) is 3. The average molecular weight is 419 g/mol. The summed E-state index contributed by atoms with van der Waals surface area (Å²) in [6, 6.07) is 27.8. The number of nitrogens with one attached hydrogen (secondary N) is 2. The van der Waals surface area contributed by atoms with Crippen LogP contribution in [0.4, 0.5) is 0 Å². The lowest BCUT2D eigenvalue weighted by molar-refractivity contribution is -0.119. The molecule has 0 radical (unpaired) electrons. The Bertz CT molecular complexity index is 904. The van der Waals surface area contributed by atoms with Gasteiger partial charge in [0.2, 0.25) is 5.91 Å². The lowest BCUT2D eigenvalue weighted by Gasteiger charge is -2.21. The van der Waals surface area contributed by atoms with Crippen LogP contribution in [0.1, 0.15) is 35.6 Å². The Morgan fingerprint density at radius 3 is 2.03 bits per heavy atom. The van der Waals surface area contributed by atoms with E-state index in [1.54, 1.807) is 0 Å². The Hall–Kier alpha value is -3.18. The molecule has 4 nitrogen and oxygen atoms in total. The van der Waals surface area contributed by atoms with Crippen molar-refractivity contribution in [3.05, 3.63) is 102 Å². The molecular formula is C25H26N2O2S. The van der Waals surface area contributed by atoms with Gasteiger partial charge in [0.05, 0.1) is 12.6 Å². The standard InChI is InChI=1S/C25H26N2O2S/c1-19-14-16-22(17-15-19)29-18-8-13-23(28)26-25(30)27-24(20-9-4-2-5-10-20)21-11-6-3-7-12-21/h2-7,9-12,14-17,24H,8,13,18H2,1H3,(H2,26,27,28,30).